The first-order valence-corrected chi connectivity index (χ1v) is 7.63. The van der Waals surface area contributed by atoms with Crippen LogP contribution in [-0.4, -0.2) is 24.3 Å². The van der Waals surface area contributed by atoms with E-state index in [-0.39, 0.29) is 23.2 Å². The first-order valence-electron chi connectivity index (χ1n) is 7.63. The van der Waals surface area contributed by atoms with Crippen LogP contribution in [0.4, 0.5) is 0 Å². The highest BCUT2D eigenvalue weighted by Gasteiger charge is 2.25. The van der Waals surface area contributed by atoms with Gasteiger partial charge in [-0.3, -0.25) is 0 Å². The van der Waals surface area contributed by atoms with Crippen LogP contribution in [0.5, 0.6) is 11.5 Å². The molecule has 0 saturated heterocycles. The standard InChI is InChI=1S/C18H28O4/c1-8-21-15(19)11-22-14-10-12(17(2,3)4)9-13(16(14)20)18(5,6)7/h9-10,20H,8,11H2,1-7H3. The number of benzene rings is 1. The van der Waals surface area contributed by atoms with Gasteiger partial charge in [-0.2, -0.15) is 0 Å². The molecule has 4 nitrogen and oxygen atoms in total. The number of rotatable bonds is 4. The highest BCUT2D eigenvalue weighted by molar-refractivity contribution is 5.71. The van der Waals surface area contributed by atoms with Crippen molar-refractivity contribution in [3.05, 3.63) is 23.3 Å². The number of carbonyl (C=O) groups excluding carboxylic acids is 1. The van der Waals surface area contributed by atoms with E-state index in [0.29, 0.717) is 12.4 Å². The molecule has 1 N–H and O–H groups in total. The molecular formula is C18H28O4. The molecule has 0 spiro atoms. The number of hydrogen-bond acceptors (Lipinski definition) is 4. The molecule has 0 fully saturated rings. The first kappa shape index (κ1) is 18.3. The van der Waals surface area contributed by atoms with E-state index >= 15 is 0 Å². The van der Waals surface area contributed by atoms with Crippen LogP contribution in [0.15, 0.2) is 12.1 Å². The second-order valence-electron chi connectivity index (χ2n) is 7.46. The van der Waals surface area contributed by atoms with E-state index < -0.39 is 5.97 Å². The maximum atomic E-state index is 11.5. The number of hydrogen-bond donors (Lipinski definition) is 1. The molecule has 0 bridgehead atoms. The normalized spacial score (nSPS) is 12.1. The van der Waals surface area contributed by atoms with Crippen molar-refractivity contribution in [2.45, 2.75) is 59.3 Å². The maximum Gasteiger partial charge on any atom is 0.344 e. The average molecular weight is 308 g/mol. The minimum atomic E-state index is -0.444. The minimum Gasteiger partial charge on any atom is -0.504 e. The third-order valence-corrected chi connectivity index (χ3v) is 3.40. The zero-order valence-corrected chi connectivity index (χ0v) is 14.7. The van der Waals surface area contributed by atoms with Gasteiger partial charge in [-0.1, -0.05) is 47.6 Å². The van der Waals surface area contributed by atoms with Gasteiger partial charge in [-0.25, -0.2) is 4.79 Å². The molecule has 0 amide bonds. The third-order valence-electron chi connectivity index (χ3n) is 3.40. The molecule has 0 radical (unpaired) electrons. The molecule has 0 aliphatic rings. The highest BCUT2D eigenvalue weighted by atomic mass is 16.6. The fourth-order valence-corrected chi connectivity index (χ4v) is 2.06. The lowest BCUT2D eigenvalue weighted by Crippen LogP contribution is -2.19. The van der Waals surface area contributed by atoms with Crippen molar-refractivity contribution in [1.29, 1.82) is 0 Å². The summed E-state index contributed by atoms with van der Waals surface area (Å²) in [7, 11) is 0. The van der Waals surface area contributed by atoms with Crippen molar-refractivity contribution in [2.24, 2.45) is 0 Å². The molecule has 0 aliphatic heterocycles. The zero-order chi connectivity index (χ0) is 17.1. The molecule has 0 saturated carbocycles. The van der Waals surface area contributed by atoms with Crippen molar-refractivity contribution < 1.29 is 19.4 Å². The van der Waals surface area contributed by atoms with E-state index in [2.05, 4.69) is 20.8 Å². The van der Waals surface area contributed by atoms with Crippen LogP contribution in [-0.2, 0) is 20.4 Å². The SMILES string of the molecule is CCOC(=O)COc1cc(C(C)(C)C)cc(C(C)(C)C)c1O. The van der Waals surface area contributed by atoms with Gasteiger partial charge in [-0.05, 0) is 29.4 Å². The van der Waals surface area contributed by atoms with Gasteiger partial charge < -0.3 is 14.6 Å². The van der Waals surface area contributed by atoms with E-state index in [9.17, 15) is 9.90 Å². The van der Waals surface area contributed by atoms with Gasteiger partial charge in [0.15, 0.2) is 18.1 Å². The van der Waals surface area contributed by atoms with Crippen LogP contribution in [0.2, 0.25) is 0 Å². The van der Waals surface area contributed by atoms with Gasteiger partial charge in [-0.15, -0.1) is 0 Å². The monoisotopic (exact) mass is 308 g/mol. The Hall–Kier alpha value is -1.71. The van der Waals surface area contributed by atoms with Gasteiger partial charge in [0, 0.05) is 5.56 Å². The predicted molar refractivity (Wildman–Crippen MR) is 87.6 cm³/mol. The molecule has 1 aromatic carbocycles. The Kier molecular flexibility index (Phi) is 5.49. The van der Waals surface area contributed by atoms with Crippen LogP contribution in [0.1, 0.15) is 59.6 Å². The van der Waals surface area contributed by atoms with E-state index in [0.717, 1.165) is 11.1 Å². The number of esters is 1. The van der Waals surface area contributed by atoms with Crippen LogP contribution in [0.3, 0.4) is 0 Å². The largest absolute Gasteiger partial charge is 0.504 e. The van der Waals surface area contributed by atoms with Crippen molar-refractivity contribution >= 4 is 5.97 Å². The summed E-state index contributed by atoms with van der Waals surface area (Å²) in [6, 6.07) is 3.80. The molecular weight excluding hydrogens is 280 g/mol. The Morgan fingerprint density at radius 2 is 1.68 bits per heavy atom. The first-order chi connectivity index (χ1) is 9.96. The van der Waals surface area contributed by atoms with Crippen LogP contribution < -0.4 is 4.74 Å². The predicted octanol–water partition coefficient (Wildman–Crippen LogP) is 3.93. The lowest BCUT2D eigenvalue weighted by molar-refractivity contribution is -0.145. The zero-order valence-electron chi connectivity index (χ0n) is 14.7. The molecule has 1 aromatic rings. The Bertz CT molecular complexity index is 533. The third kappa shape index (κ3) is 4.65. The summed E-state index contributed by atoms with van der Waals surface area (Å²) in [5, 5.41) is 10.5. The molecule has 124 valence electrons. The summed E-state index contributed by atoms with van der Waals surface area (Å²) in [6.07, 6.45) is 0. The Balaban J connectivity index is 3.23. The summed E-state index contributed by atoms with van der Waals surface area (Å²) in [5.41, 5.74) is 1.54. The van der Waals surface area contributed by atoms with Gasteiger partial charge in [0.1, 0.15) is 0 Å². The quantitative estimate of drug-likeness (QED) is 0.856. The summed E-state index contributed by atoms with van der Waals surface area (Å²) in [5.74, 6) is -0.0319. The second-order valence-corrected chi connectivity index (χ2v) is 7.46. The molecule has 0 unspecified atom stereocenters. The van der Waals surface area contributed by atoms with Crippen molar-refractivity contribution in [3.8, 4) is 11.5 Å². The van der Waals surface area contributed by atoms with Gasteiger partial charge in [0.05, 0.1) is 6.61 Å². The summed E-state index contributed by atoms with van der Waals surface area (Å²) < 4.78 is 10.4. The lowest BCUT2D eigenvalue weighted by atomic mass is 9.80. The topological polar surface area (TPSA) is 55.8 Å². The lowest BCUT2D eigenvalue weighted by Gasteiger charge is -2.27. The van der Waals surface area contributed by atoms with E-state index in [1.54, 1.807) is 13.0 Å². The van der Waals surface area contributed by atoms with E-state index in [1.807, 2.05) is 26.8 Å². The van der Waals surface area contributed by atoms with Crippen molar-refractivity contribution in [2.75, 3.05) is 13.2 Å². The number of carbonyl (C=O) groups is 1. The Morgan fingerprint density at radius 3 is 2.14 bits per heavy atom. The van der Waals surface area contributed by atoms with Crippen LogP contribution >= 0.6 is 0 Å². The Labute approximate surface area is 133 Å². The van der Waals surface area contributed by atoms with Crippen molar-refractivity contribution in [1.82, 2.24) is 0 Å². The molecule has 0 aliphatic carbocycles. The fourth-order valence-electron chi connectivity index (χ4n) is 2.06. The average Bonchev–Trinajstić information content (AvgIpc) is 2.35. The van der Waals surface area contributed by atoms with Gasteiger partial charge in [0.25, 0.3) is 0 Å². The second kappa shape index (κ2) is 6.59. The summed E-state index contributed by atoms with van der Waals surface area (Å²) in [4.78, 5) is 11.5. The summed E-state index contributed by atoms with van der Waals surface area (Å²) in [6.45, 7) is 14.2. The number of aromatic hydroxyl groups is 1. The van der Waals surface area contributed by atoms with Crippen LogP contribution in [0.25, 0.3) is 0 Å². The molecule has 22 heavy (non-hydrogen) atoms. The molecule has 4 heteroatoms. The summed E-state index contributed by atoms with van der Waals surface area (Å²) >= 11 is 0. The number of phenolic OH excluding ortho intramolecular Hbond substituents is 1. The smallest absolute Gasteiger partial charge is 0.344 e. The number of ether oxygens (including phenoxy) is 2. The molecule has 0 aromatic heterocycles. The molecule has 0 heterocycles. The minimum absolute atomic E-state index is 0.0876. The van der Waals surface area contributed by atoms with Gasteiger partial charge in [0.2, 0.25) is 0 Å². The van der Waals surface area contributed by atoms with Gasteiger partial charge >= 0.3 is 5.97 Å². The fraction of sp³-hybridized carbons (Fsp3) is 0.611. The van der Waals surface area contributed by atoms with E-state index in [4.69, 9.17) is 9.47 Å². The molecule has 0 atom stereocenters. The Morgan fingerprint density at radius 1 is 1.09 bits per heavy atom. The number of phenols is 1. The molecule has 1 rings (SSSR count). The van der Waals surface area contributed by atoms with Crippen molar-refractivity contribution in [3.63, 3.8) is 0 Å². The van der Waals surface area contributed by atoms with Crippen LogP contribution in [0, 0.1) is 0 Å². The van der Waals surface area contributed by atoms with E-state index in [1.165, 1.54) is 0 Å². The highest BCUT2D eigenvalue weighted by Crippen LogP contribution is 2.41. The maximum absolute atomic E-state index is 11.5.